The molecular formula is C14H16ClN3. The van der Waals surface area contributed by atoms with Crippen molar-refractivity contribution in [3.63, 3.8) is 0 Å². The molecule has 0 spiro atoms. The molecule has 0 amide bonds. The zero-order valence-corrected chi connectivity index (χ0v) is 11.8. The van der Waals surface area contributed by atoms with Crippen LogP contribution in [0.2, 0.25) is 5.15 Å². The molecular weight excluding hydrogens is 246 g/mol. The van der Waals surface area contributed by atoms with Crippen molar-refractivity contribution in [2.45, 2.75) is 33.1 Å². The van der Waals surface area contributed by atoms with E-state index in [0.717, 1.165) is 17.0 Å². The molecule has 0 N–H and O–H groups in total. The van der Waals surface area contributed by atoms with Crippen LogP contribution in [0.25, 0.3) is 11.5 Å². The van der Waals surface area contributed by atoms with Gasteiger partial charge in [-0.05, 0) is 24.6 Å². The second-order valence-electron chi connectivity index (χ2n) is 5.32. The van der Waals surface area contributed by atoms with Crippen molar-refractivity contribution in [1.82, 2.24) is 15.0 Å². The molecule has 18 heavy (non-hydrogen) atoms. The zero-order valence-electron chi connectivity index (χ0n) is 11.0. The van der Waals surface area contributed by atoms with E-state index in [1.165, 1.54) is 0 Å². The minimum Gasteiger partial charge on any atom is -0.253 e. The maximum absolute atomic E-state index is 6.08. The Hall–Kier alpha value is -1.48. The summed E-state index contributed by atoms with van der Waals surface area (Å²) < 4.78 is 0. The number of hydrogen-bond donors (Lipinski definition) is 0. The fraction of sp³-hybridized carbons (Fsp3) is 0.357. The molecule has 0 aliphatic carbocycles. The predicted octanol–water partition coefficient (Wildman–Crippen LogP) is 3.80. The second-order valence-corrected chi connectivity index (χ2v) is 5.71. The van der Waals surface area contributed by atoms with Gasteiger partial charge in [0.2, 0.25) is 0 Å². The number of aryl methyl sites for hydroxylation is 1. The third-order valence-corrected chi connectivity index (χ3v) is 2.88. The summed E-state index contributed by atoms with van der Waals surface area (Å²) in [7, 11) is 0. The average Bonchev–Trinajstić information content (AvgIpc) is 2.27. The molecule has 0 aliphatic heterocycles. The Morgan fingerprint density at radius 2 is 1.89 bits per heavy atom. The Morgan fingerprint density at radius 1 is 1.17 bits per heavy atom. The fourth-order valence-corrected chi connectivity index (χ4v) is 1.81. The molecule has 4 heteroatoms. The van der Waals surface area contributed by atoms with Gasteiger partial charge >= 0.3 is 0 Å². The first kappa shape index (κ1) is 13.0. The first-order chi connectivity index (χ1) is 8.38. The van der Waals surface area contributed by atoms with E-state index in [1.807, 2.05) is 25.1 Å². The highest BCUT2D eigenvalue weighted by molar-refractivity contribution is 6.29. The van der Waals surface area contributed by atoms with Crippen LogP contribution < -0.4 is 0 Å². The predicted molar refractivity (Wildman–Crippen MR) is 73.7 cm³/mol. The maximum Gasteiger partial charge on any atom is 0.180 e. The first-order valence-corrected chi connectivity index (χ1v) is 6.23. The lowest BCUT2D eigenvalue weighted by Gasteiger charge is -2.18. The Morgan fingerprint density at radius 3 is 2.50 bits per heavy atom. The van der Waals surface area contributed by atoms with E-state index in [9.17, 15) is 0 Å². The van der Waals surface area contributed by atoms with Gasteiger partial charge in [0.1, 0.15) is 10.8 Å². The van der Waals surface area contributed by atoms with Gasteiger partial charge < -0.3 is 0 Å². The molecule has 0 unspecified atom stereocenters. The Labute approximate surface area is 112 Å². The van der Waals surface area contributed by atoms with E-state index in [1.54, 1.807) is 6.20 Å². The summed E-state index contributed by atoms with van der Waals surface area (Å²) in [6.07, 6.45) is 1.74. The monoisotopic (exact) mass is 261 g/mol. The van der Waals surface area contributed by atoms with Crippen molar-refractivity contribution < 1.29 is 0 Å². The Bertz CT molecular complexity index is 573. The van der Waals surface area contributed by atoms with Gasteiger partial charge in [-0.25, -0.2) is 9.97 Å². The highest BCUT2D eigenvalue weighted by Crippen LogP contribution is 2.25. The third-order valence-electron chi connectivity index (χ3n) is 2.68. The molecule has 0 aromatic carbocycles. The van der Waals surface area contributed by atoms with Gasteiger partial charge in [0.25, 0.3) is 0 Å². The molecule has 0 saturated heterocycles. The summed E-state index contributed by atoms with van der Waals surface area (Å²) in [4.78, 5) is 13.2. The van der Waals surface area contributed by atoms with Crippen molar-refractivity contribution in [2.75, 3.05) is 0 Å². The average molecular weight is 262 g/mol. The van der Waals surface area contributed by atoms with Crippen molar-refractivity contribution in [2.24, 2.45) is 0 Å². The van der Waals surface area contributed by atoms with Gasteiger partial charge in [-0.15, -0.1) is 0 Å². The number of aromatic nitrogens is 3. The van der Waals surface area contributed by atoms with Crippen molar-refractivity contribution >= 4 is 11.6 Å². The van der Waals surface area contributed by atoms with Crippen LogP contribution in [0, 0.1) is 6.92 Å². The summed E-state index contributed by atoms with van der Waals surface area (Å²) in [6, 6.07) is 5.70. The van der Waals surface area contributed by atoms with Crippen LogP contribution in [0.15, 0.2) is 24.4 Å². The number of rotatable bonds is 1. The van der Waals surface area contributed by atoms with Crippen LogP contribution >= 0.6 is 11.6 Å². The zero-order chi connectivity index (χ0) is 13.3. The largest absolute Gasteiger partial charge is 0.253 e. The number of pyridine rings is 1. The lowest BCUT2D eigenvalue weighted by molar-refractivity contribution is 0.567. The third kappa shape index (κ3) is 2.67. The summed E-state index contributed by atoms with van der Waals surface area (Å²) in [5, 5.41) is 0.454. The molecule has 94 valence electrons. The van der Waals surface area contributed by atoms with Crippen LogP contribution in [-0.4, -0.2) is 15.0 Å². The van der Waals surface area contributed by atoms with Crippen LogP contribution in [0.1, 0.15) is 32.0 Å². The topological polar surface area (TPSA) is 38.7 Å². The van der Waals surface area contributed by atoms with Gasteiger partial charge in [0.15, 0.2) is 5.82 Å². The quantitative estimate of drug-likeness (QED) is 0.733. The summed E-state index contributed by atoms with van der Waals surface area (Å²) in [5.74, 6) is 0.588. The lowest BCUT2D eigenvalue weighted by atomic mass is 9.92. The summed E-state index contributed by atoms with van der Waals surface area (Å²) >= 11 is 6.08. The lowest BCUT2D eigenvalue weighted by Crippen LogP contribution is -2.14. The van der Waals surface area contributed by atoms with E-state index in [0.29, 0.717) is 11.0 Å². The summed E-state index contributed by atoms with van der Waals surface area (Å²) in [6.45, 7) is 8.28. The molecule has 0 saturated carbocycles. The minimum absolute atomic E-state index is 0.0655. The van der Waals surface area contributed by atoms with E-state index in [2.05, 4.69) is 35.7 Å². The standard InChI is InChI=1S/C14H16ClN3/c1-9-6-5-7-16-12(9)13-17-10(14(2,3)4)8-11(15)18-13/h5-8H,1-4H3. The van der Waals surface area contributed by atoms with Crippen molar-refractivity contribution in [1.29, 1.82) is 0 Å². The van der Waals surface area contributed by atoms with Crippen LogP contribution in [0.5, 0.6) is 0 Å². The van der Waals surface area contributed by atoms with Gasteiger partial charge in [0, 0.05) is 11.6 Å². The Balaban J connectivity index is 2.60. The highest BCUT2D eigenvalue weighted by Gasteiger charge is 2.19. The molecule has 0 radical (unpaired) electrons. The number of hydrogen-bond acceptors (Lipinski definition) is 3. The van der Waals surface area contributed by atoms with Gasteiger partial charge in [-0.1, -0.05) is 38.4 Å². The molecule has 2 aromatic rings. The highest BCUT2D eigenvalue weighted by atomic mass is 35.5. The molecule has 0 bridgehead atoms. The molecule has 0 fully saturated rings. The van der Waals surface area contributed by atoms with E-state index >= 15 is 0 Å². The van der Waals surface area contributed by atoms with Crippen molar-refractivity contribution in [3.8, 4) is 11.5 Å². The molecule has 3 nitrogen and oxygen atoms in total. The summed E-state index contributed by atoms with van der Waals surface area (Å²) in [5.41, 5.74) is 2.68. The van der Waals surface area contributed by atoms with Crippen LogP contribution in [0.3, 0.4) is 0 Å². The van der Waals surface area contributed by atoms with Crippen LogP contribution in [0.4, 0.5) is 0 Å². The normalized spacial score (nSPS) is 11.6. The van der Waals surface area contributed by atoms with Crippen LogP contribution in [-0.2, 0) is 5.41 Å². The fourth-order valence-electron chi connectivity index (χ4n) is 1.63. The van der Waals surface area contributed by atoms with E-state index in [4.69, 9.17) is 11.6 Å². The molecule has 0 aliphatic rings. The molecule has 0 atom stereocenters. The van der Waals surface area contributed by atoms with Crippen molar-refractivity contribution in [3.05, 3.63) is 40.8 Å². The Kier molecular flexibility index (Phi) is 3.35. The molecule has 2 rings (SSSR count). The molecule has 2 aromatic heterocycles. The first-order valence-electron chi connectivity index (χ1n) is 5.85. The van der Waals surface area contributed by atoms with Gasteiger partial charge in [-0.2, -0.15) is 0 Å². The van der Waals surface area contributed by atoms with E-state index in [-0.39, 0.29) is 5.41 Å². The van der Waals surface area contributed by atoms with E-state index < -0.39 is 0 Å². The maximum atomic E-state index is 6.08. The van der Waals surface area contributed by atoms with Gasteiger partial charge in [0.05, 0.1) is 5.69 Å². The number of halogens is 1. The minimum atomic E-state index is -0.0655. The molecule has 2 heterocycles. The smallest absolute Gasteiger partial charge is 0.180 e. The number of nitrogens with zero attached hydrogens (tertiary/aromatic N) is 3. The second kappa shape index (κ2) is 4.65. The van der Waals surface area contributed by atoms with Gasteiger partial charge in [-0.3, -0.25) is 4.98 Å². The SMILES string of the molecule is Cc1cccnc1-c1nc(Cl)cc(C(C)(C)C)n1.